The summed E-state index contributed by atoms with van der Waals surface area (Å²) in [4.78, 5) is 0. The molecule has 0 aliphatic rings. The number of ether oxygens (including phenoxy) is 1. The molecule has 4 aromatic rings. The molecule has 174 valence electrons. The van der Waals surface area contributed by atoms with Gasteiger partial charge in [-0.15, -0.1) is 0 Å². The second kappa shape index (κ2) is 11.1. The smallest absolute Gasteiger partial charge is 0.167 e. The van der Waals surface area contributed by atoms with Gasteiger partial charge in [-0.1, -0.05) is 92.6 Å². The molecule has 0 saturated carbocycles. The van der Waals surface area contributed by atoms with Crippen molar-refractivity contribution in [2.24, 2.45) is 0 Å². The van der Waals surface area contributed by atoms with Crippen LogP contribution >= 0.6 is 0 Å². The molecular formula is C31H30F2O. The van der Waals surface area contributed by atoms with Gasteiger partial charge < -0.3 is 4.74 Å². The van der Waals surface area contributed by atoms with Crippen LogP contribution in [0.3, 0.4) is 0 Å². The van der Waals surface area contributed by atoms with Crippen LogP contribution in [0.25, 0.3) is 33.4 Å². The molecule has 0 amide bonds. The Bertz CT molecular complexity index is 1210. The van der Waals surface area contributed by atoms with Gasteiger partial charge >= 0.3 is 0 Å². The normalized spacial score (nSPS) is 10.9. The molecule has 34 heavy (non-hydrogen) atoms. The Morgan fingerprint density at radius 2 is 1.03 bits per heavy atom. The van der Waals surface area contributed by atoms with E-state index in [0.29, 0.717) is 17.7 Å². The van der Waals surface area contributed by atoms with Crippen LogP contribution in [0.15, 0.2) is 84.9 Å². The van der Waals surface area contributed by atoms with Crippen LogP contribution in [0.4, 0.5) is 8.78 Å². The standard InChI is InChI=1S/C31H30F2O/c1-3-5-6-7-22-8-10-25(11-9-22)28-20-21-29(31(33)30(28)32)26-14-12-23(13-15-26)24-16-18-27(19-17-24)34-4-2/h8-21H,3-7H2,1-2H3. The first-order valence-electron chi connectivity index (χ1n) is 12.0. The van der Waals surface area contributed by atoms with Gasteiger partial charge in [0.25, 0.3) is 0 Å². The average molecular weight is 457 g/mol. The maximum Gasteiger partial charge on any atom is 0.167 e. The summed E-state index contributed by atoms with van der Waals surface area (Å²) in [7, 11) is 0. The molecule has 0 aromatic heterocycles. The summed E-state index contributed by atoms with van der Waals surface area (Å²) >= 11 is 0. The van der Waals surface area contributed by atoms with Crippen molar-refractivity contribution in [1.82, 2.24) is 0 Å². The highest BCUT2D eigenvalue weighted by molar-refractivity contribution is 5.74. The first kappa shape index (κ1) is 23.7. The SMILES string of the molecule is CCCCCc1ccc(-c2ccc(-c3ccc(-c4ccc(OCC)cc4)cc3)c(F)c2F)cc1. The van der Waals surface area contributed by atoms with E-state index in [-0.39, 0.29) is 11.1 Å². The number of unbranched alkanes of at least 4 members (excludes halogenated alkanes) is 2. The first-order chi connectivity index (χ1) is 16.6. The third-order valence-corrected chi connectivity index (χ3v) is 6.11. The lowest BCUT2D eigenvalue weighted by atomic mass is 9.96. The van der Waals surface area contributed by atoms with E-state index in [2.05, 4.69) is 6.92 Å². The molecule has 0 spiro atoms. The highest BCUT2D eigenvalue weighted by Crippen LogP contribution is 2.33. The summed E-state index contributed by atoms with van der Waals surface area (Å²) in [5, 5.41) is 0. The second-order valence-electron chi connectivity index (χ2n) is 8.48. The molecule has 0 N–H and O–H groups in total. The molecule has 0 heterocycles. The number of hydrogen-bond donors (Lipinski definition) is 0. The van der Waals surface area contributed by atoms with E-state index in [1.807, 2.05) is 79.7 Å². The molecule has 3 heteroatoms. The molecule has 0 unspecified atom stereocenters. The Hall–Kier alpha value is -3.46. The molecule has 0 fully saturated rings. The van der Waals surface area contributed by atoms with Crippen molar-refractivity contribution in [3.63, 3.8) is 0 Å². The monoisotopic (exact) mass is 456 g/mol. The summed E-state index contributed by atoms with van der Waals surface area (Å²) in [5.74, 6) is -0.809. The lowest BCUT2D eigenvalue weighted by molar-refractivity contribution is 0.340. The van der Waals surface area contributed by atoms with Gasteiger partial charge in [0.2, 0.25) is 0 Å². The van der Waals surface area contributed by atoms with Crippen LogP contribution in [-0.4, -0.2) is 6.61 Å². The summed E-state index contributed by atoms with van der Waals surface area (Å²) < 4.78 is 35.6. The van der Waals surface area contributed by atoms with Gasteiger partial charge in [0.05, 0.1) is 6.61 Å². The number of rotatable bonds is 9. The van der Waals surface area contributed by atoms with Crippen LogP contribution in [0.5, 0.6) is 5.75 Å². The summed E-state index contributed by atoms with van der Waals surface area (Å²) in [5.41, 5.74) is 5.14. The average Bonchev–Trinajstić information content (AvgIpc) is 2.87. The summed E-state index contributed by atoms with van der Waals surface area (Å²) in [6.45, 7) is 4.76. The highest BCUT2D eigenvalue weighted by atomic mass is 19.2. The van der Waals surface area contributed by atoms with Crippen LogP contribution in [0.2, 0.25) is 0 Å². The second-order valence-corrected chi connectivity index (χ2v) is 8.48. The first-order valence-corrected chi connectivity index (χ1v) is 12.0. The van der Waals surface area contributed by atoms with Crippen LogP contribution in [0.1, 0.15) is 38.7 Å². The number of hydrogen-bond acceptors (Lipinski definition) is 1. The third-order valence-electron chi connectivity index (χ3n) is 6.11. The summed E-state index contributed by atoms with van der Waals surface area (Å²) in [6.07, 6.45) is 4.53. The molecule has 0 aliphatic carbocycles. The molecule has 0 aliphatic heterocycles. The molecule has 0 atom stereocenters. The Morgan fingerprint density at radius 3 is 1.53 bits per heavy atom. The van der Waals surface area contributed by atoms with E-state index in [0.717, 1.165) is 29.7 Å². The van der Waals surface area contributed by atoms with Crippen molar-refractivity contribution in [1.29, 1.82) is 0 Å². The van der Waals surface area contributed by atoms with Gasteiger partial charge in [-0.05, 0) is 59.7 Å². The number of aryl methyl sites for hydroxylation is 1. The van der Waals surface area contributed by atoms with E-state index in [9.17, 15) is 0 Å². The zero-order valence-electron chi connectivity index (χ0n) is 19.8. The van der Waals surface area contributed by atoms with E-state index in [4.69, 9.17) is 4.74 Å². The quantitative estimate of drug-likeness (QED) is 0.228. The zero-order valence-corrected chi connectivity index (χ0v) is 19.8. The van der Waals surface area contributed by atoms with Gasteiger partial charge in [-0.2, -0.15) is 0 Å². The topological polar surface area (TPSA) is 9.23 Å². The Labute approximate surface area is 201 Å². The maximum absolute atomic E-state index is 15.1. The molecule has 4 rings (SSSR count). The van der Waals surface area contributed by atoms with E-state index < -0.39 is 11.6 Å². The fourth-order valence-corrected chi connectivity index (χ4v) is 4.18. The predicted molar refractivity (Wildman–Crippen MR) is 137 cm³/mol. The van der Waals surface area contributed by atoms with Crippen molar-refractivity contribution in [2.45, 2.75) is 39.5 Å². The van der Waals surface area contributed by atoms with Crippen molar-refractivity contribution < 1.29 is 13.5 Å². The third kappa shape index (κ3) is 5.36. The predicted octanol–water partition coefficient (Wildman–Crippen LogP) is 9.10. The van der Waals surface area contributed by atoms with Crippen molar-refractivity contribution >= 4 is 0 Å². The van der Waals surface area contributed by atoms with E-state index in [1.54, 1.807) is 12.1 Å². The van der Waals surface area contributed by atoms with E-state index in [1.165, 1.54) is 18.4 Å². The van der Waals surface area contributed by atoms with Gasteiger partial charge in [0.1, 0.15) is 5.75 Å². The molecule has 4 aromatic carbocycles. The lowest BCUT2D eigenvalue weighted by Crippen LogP contribution is -1.94. The van der Waals surface area contributed by atoms with Gasteiger partial charge in [0, 0.05) is 11.1 Å². The minimum Gasteiger partial charge on any atom is -0.494 e. The summed E-state index contributed by atoms with van der Waals surface area (Å²) in [6, 6.07) is 26.4. The molecule has 0 saturated heterocycles. The van der Waals surface area contributed by atoms with Gasteiger partial charge in [-0.25, -0.2) is 8.78 Å². The number of benzene rings is 4. The minimum atomic E-state index is -0.821. The Morgan fingerprint density at radius 1 is 0.559 bits per heavy atom. The van der Waals surface area contributed by atoms with Crippen LogP contribution in [-0.2, 0) is 6.42 Å². The zero-order chi connectivity index (χ0) is 23.9. The maximum atomic E-state index is 15.1. The fraction of sp³-hybridized carbons (Fsp3) is 0.226. The van der Waals surface area contributed by atoms with Crippen molar-refractivity contribution in [3.05, 3.63) is 102 Å². The molecular weight excluding hydrogens is 426 g/mol. The number of halogens is 2. The van der Waals surface area contributed by atoms with Crippen LogP contribution < -0.4 is 4.74 Å². The largest absolute Gasteiger partial charge is 0.494 e. The van der Waals surface area contributed by atoms with Crippen molar-refractivity contribution in [2.75, 3.05) is 6.61 Å². The Kier molecular flexibility index (Phi) is 7.74. The van der Waals surface area contributed by atoms with Crippen LogP contribution in [0, 0.1) is 11.6 Å². The van der Waals surface area contributed by atoms with E-state index >= 15 is 8.78 Å². The van der Waals surface area contributed by atoms with Gasteiger partial charge in [0.15, 0.2) is 11.6 Å². The Balaban J connectivity index is 1.53. The van der Waals surface area contributed by atoms with Crippen molar-refractivity contribution in [3.8, 4) is 39.1 Å². The lowest BCUT2D eigenvalue weighted by Gasteiger charge is -2.11. The molecule has 0 radical (unpaired) electrons. The molecule has 1 nitrogen and oxygen atoms in total. The minimum absolute atomic E-state index is 0.260. The fourth-order valence-electron chi connectivity index (χ4n) is 4.18. The van der Waals surface area contributed by atoms with Gasteiger partial charge in [-0.3, -0.25) is 0 Å². The highest BCUT2D eigenvalue weighted by Gasteiger charge is 2.16. The molecule has 0 bridgehead atoms.